The van der Waals surface area contributed by atoms with Gasteiger partial charge in [0.25, 0.3) is 0 Å². The van der Waals surface area contributed by atoms with Crippen LogP contribution in [0.1, 0.15) is 16.7 Å². The van der Waals surface area contributed by atoms with Crippen LogP contribution in [0, 0.1) is 0 Å². The molecule has 0 saturated carbocycles. The van der Waals surface area contributed by atoms with Crippen LogP contribution in [-0.2, 0) is 5.41 Å². The first-order valence-electron chi connectivity index (χ1n) is 9.77. The lowest BCUT2D eigenvalue weighted by molar-refractivity contribution is -0.166. The fraction of sp³-hybridized carbons (Fsp3) is 0.0769. The fourth-order valence-corrected chi connectivity index (χ4v) is 4.00. The number of halogens is 3. The molecule has 0 spiro atoms. The number of anilines is 2. The van der Waals surface area contributed by atoms with Crippen molar-refractivity contribution in [3.8, 4) is 11.1 Å². The van der Waals surface area contributed by atoms with Gasteiger partial charge in [0.15, 0.2) is 0 Å². The molecular weight excluding hydrogens is 397 g/mol. The zero-order chi connectivity index (χ0) is 22.1. The first kappa shape index (κ1) is 20.5. The van der Waals surface area contributed by atoms with Crippen molar-refractivity contribution in [1.29, 1.82) is 0 Å². The summed E-state index contributed by atoms with van der Waals surface area (Å²) in [5, 5.41) is 0. The lowest BCUT2D eigenvalue weighted by Gasteiger charge is -2.37. The quantitative estimate of drug-likeness (QED) is 0.297. The van der Waals surface area contributed by atoms with Gasteiger partial charge in [0.1, 0.15) is 5.41 Å². The highest BCUT2D eigenvalue weighted by atomic mass is 19.4. The van der Waals surface area contributed by atoms with Crippen molar-refractivity contribution in [2.45, 2.75) is 11.6 Å². The molecule has 4 rings (SSSR count). The molecule has 0 atom stereocenters. The second kappa shape index (κ2) is 7.84. The van der Waals surface area contributed by atoms with E-state index in [0.717, 1.165) is 11.1 Å². The predicted octanol–water partition coefficient (Wildman–Crippen LogP) is 6.41. The van der Waals surface area contributed by atoms with Gasteiger partial charge in [0, 0.05) is 11.4 Å². The van der Waals surface area contributed by atoms with Crippen molar-refractivity contribution in [3.63, 3.8) is 0 Å². The highest BCUT2D eigenvalue weighted by Crippen LogP contribution is 2.51. The smallest absolute Gasteiger partial charge is 0.399 e. The molecule has 0 saturated heterocycles. The van der Waals surface area contributed by atoms with Gasteiger partial charge >= 0.3 is 6.18 Å². The maximum atomic E-state index is 15.0. The Morgan fingerprint density at radius 3 is 1.19 bits per heavy atom. The Kier molecular flexibility index (Phi) is 5.19. The van der Waals surface area contributed by atoms with E-state index in [9.17, 15) is 13.2 Å². The molecule has 0 amide bonds. The van der Waals surface area contributed by atoms with Crippen molar-refractivity contribution in [2.24, 2.45) is 0 Å². The van der Waals surface area contributed by atoms with Crippen LogP contribution in [0.4, 0.5) is 24.5 Å². The van der Waals surface area contributed by atoms with Crippen LogP contribution in [0.3, 0.4) is 0 Å². The van der Waals surface area contributed by atoms with Crippen LogP contribution >= 0.6 is 0 Å². The Labute approximate surface area is 179 Å². The van der Waals surface area contributed by atoms with Crippen LogP contribution in [-0.4, -0.2) is 6.18 Å². The SMILES string of the molecule is Nc1ccc(C(c2ccc(N)cc2)(c2ccc(-c3ccccc3)cc2)C(F)(F)F)cc1. The summed E-state index contributed by atoms with van der Waals surface area (Å²) in [6.45, 7) is 0. The molecule has 2 nitrogen and oxygen atoms in total. The van der Waals surface area contributed by atoms with Crippen LogP contribution < -0.4 is 11.5 Å². The fourth-order valence-electron chi connectivity index (χ4n) is 4.00. The largest absolute Gasteiger partial charge is 0.406 e. The van der Waals surface area contributed by atoms with Gasteiger partial charge in [-0.25, -0.2) is 0 Å². The molecule has 31 heavy (non-hydrogen) atoms. The van der Waals surface area contributed by atoms with E-state index in [4.69, 9.17) is 11.5 Å². The first-order valence-corrected chi connectivity index (χ1v) is 9.77. The molecule has 0 aliphatic rings. The lowest BCUT2D eigenvalue weighted by atomic mass is 9.68. The minimum Gasteiger partial charge on any atom is -0.399 e. The standard InChI is InChI=1S/C26H21F3N2/c27-26(28,29)25(21-10-14-23(30)15-11-21,22-12-16-24(31)17-13-22)20-8-6-19(7-9-20)18-4-2-1-3-5-18/h1-17H,30-31H2. The minimum absolute atomic E-state index is 0.0893. The summed E-state index contributed by atoms with van der Waals surface area (Å²) in [6, 6.07) is 27.8. The molecule has 5 heteroatoms. The Balaban J connectivity index is 1.97. The number of nitrogens with two attached hydrogens (primary N) is 2. The monoisotopic (exact) mass is 418 g/mol. The van der Waals surface area contributed by atoms with Gasteiger partial charge in [-0.15, -0.1) is 0 Å². The van der Waals surface area contributed by atoms with E-state index >= 15 is 0 Å². The first-order chi connectivity index (χ1) is 14.8. The van der Waals surface area contributed by atoms with Gasteiger partial charge in [-0.05, 0) is 52.1 Å². The number of hydrogen-bond donors (Lipinski definition) is 2. The molecule has 4 aromatic rings. The number of alkyl halides is 3. The summed E-state index contributed by atoms with van der Waals surface area (Å²) in [6.07, 6.45) is -4.62. The van der Waals surface area contributed by atoms with Crippen molar-refractivity contribution < 1.29 is 13.2 Å². The third kappa shape index (κ3) is 3.63. The van der Waals surface area contributed by atoms with E-state index < -0.39 is 11.6 Å². The second-order valence-electron chi connectivity index (χ2n) is 7.44. The Morgan fingerprint density at radius 2 is 0.806 bits per heavy atom. The molecule has 0 aromatic heterocycles. The molecular formula is C26H21F3N2. The van der Waals surface area contributed by atoms with Gasteiger partial charge in [-0.1, -0.05) is 78.9 Å². The molecule has 0 aliphatic carbocycles. The number of rotatable bonds is 4. The van der Waals surface area contributed by atoms with Gasteiger partial charge in [0.05, 0.1) is 0 Å². The van der Waals surface area contributed by atoms with Crippen molar-refractivity contribution in [3.05, 3.63) is 120 Å². The average molecular weight is 418 g/mol. The molecule has 0 fully saturated rings. The van der Waals surface area contributed by atoms with Crippen LogP contribution in [0.2, 0.25) is 0 Å². The van der Waals surface area contributed by atoms with E-state index in [1.165, 1.54) is 48.5 Å². The normalized spacial score (nSPS) is 12.0. The Bertz CT molecular complexity index is 1100. The summed E-state index contributed by atoms with van der Waals surface area (Å²) in [5.41, 5.74) is 12.0. The third-order valence-corrected chi connectivity index (χ3v) is 5.54. The summed E-state index contributed by atoms with van der Waals surface area (Å²) >= 11 is 0. The maximum absolute atomic E-state index is 15.0. The van der Waals surface area contributed by atoms with Crippen LogP contribution in [0.5, 0.6) is 0 Å². The third-order valence-electron chi connectivity index (χ3n) is 5.54. The molecule has 4 N–H and O–H groups in total. The summed E-state index contributed by atoms with van der Waals surface area (Å²) in [5.74, 6) is 0. The molecule has 156 valence electrons. The Hall–Kier alpha value is -3.73. The van der Waals surface area contributed by atoms with Crippen molar-refractivity contribution in [1.82, 2.24) is 0 Å². The second-order valence-corrected chi connectivity index (χ2v) is 7.44. The molecule has 0 radical (unpaired) electrons. The zero-order valence-electron chi connectivity index (χ0n) is 16.6. The van der Waals surface area contributed by atoms with E-state index in [2.05, 4.69) is 0 Å². The van der Waals surface area contributed by atoms with Gasteiger partial charge in [0.2, 0.25) is 0 Å². The molecule has 0 aliphatic heterocycles. The maximum Gasteiger partial charge on any atom is 0.406 e. The number of benzene rings is 4. The van der Waals surface area contributed by atoms with Crippen molar-refractivity contribution >= 4 is 11.4 Å². The Morgan fingerprint density at radius 1 is 0.452 bits per heavy atom. The van der Waals surface area contributed by atoms with E-state index in [1.54, 1.807) is 24.3 Å². The van der Waals surface area contributed by atoms with Crippen LogP contribution in [0.25, 0.3) is 11.1 Å². The lowest BCUT2D eigenvalue weighted by Crippen LogP contribution is -2.44. The molecule has 0 unspecified atom stereocenters. The highest BCUT2D eigenvalue weighted by molar-refractivity contribution is 5.65. The minimum atomic E-state index is -4.62. The summed E-state index contributed by atoms with van der Waals surface area (Å²) < 4.78 is 45.0. The van der Waals surface area contributed by atoms with E-state index in [-0.39, 0.29) is 16.7 Å². The zero-order valence-corrected chi connectivity index (χ0v) is 16.6. The summed E-state index contributed by atoms with van der Waals surface area (Å²) in [4.78, 5) is 0. The molecule has 4 aromatic carbocycles. The van der Waals surface area contributed by atoms with Crippen LogP contribution in [0.15, 0.2) is 103 Å². The molecule has 0 heterocycles. The van der Waals surface area contributed by atoms with Gasteiger partial charge in [-0.3, -0.25) is 0 Å². The predicted molar refractivity (Wildman–Crippen MR) is 120 cm³/mol. The van der Waals surface area contributed by atoms with E-state index in [1.807, 2.05) is 30.3 Å². The highest BCUT2D eigenvalue weighted by Gasteiger charge is 2.58. The topological polar surface area (TPSA) is 52.0 Å². The number of hydrogen-bond acceptors (Lipinski definition) is 2. The molecule has 0 bridgehead atoms. The van der Waals surface area contributed by atoms with Crippen molar-refractivity contribution in [2.75, 3.05) is 11.5 Å². The summed E-state index contributed by atoms with van der Waals surface area (Å²) in [7, 11) is 0. The van der Waals surface area contributed by atoms with Gasteiger partial charge in [-0.2, -0.15) is 13.2 Å². The van der Waals surface area contributed by atoms with E-state index in [0.29, 0.717) is 11.4 Å². The van der Waals surface area contributed by atoms with Gasteiger partial charge < -0.3 is 11.5 Å². The average Bonchev–Trinajstić information content (AvgIpc) is 2.77. The number of nitrogen functional groups attached to an aromatic ring is 2.